The molecule has 288 valence electrons. The Balaban J connectivity index is 0.000000248. The molecule has 57 heavy (non-hydrogen) atoms. The van der Waals surface area contributed by atoms with Gasteiger partial charge in [0.1, 0.15) is 11.4 Å². The molecule has 18 nitrogen and oxygen atoms in total. The molecule has 2 N–H and O–H groups in total. The molecule has 0 aliphatic heterocycles. The first-order valence-electron chi connectivity index (χ1n) is 16.2. The molecule has 2 aromatic carbocycles. The second-order valence-corrected chi connectivity index (χ2v) is 14.7. The molecule has 0 fully saturated rings. The third-order valence-corrected chi connectivity index (χ3v) is 9.84. The molecule has 6 rings (SSSR count). The average molecular weight is 841 g/mol. The van der Waals surface area contributed by atoms with E-state index in [1.807, 2.05) is 13.8 Å². The summed E-state index contributed by atoms with van der Waals surface area (Å²) in [6.07, 6.45) is 13.8. The van der Waals surface area contributed by atoms with Crippen LogP contribution in [0.3, 0.4) is 0 Å². The predicted octanol–water partition coefficient (Wildman–Crippen LogP) is 6.00. The van der Waals surface area contributed by atoms with Crippen molar-refractivity contribution in [2.24, 2.45) is 20.5 Å². The van der Waals surface area contributed by atoms with Gasteiger partial charge in [0.2, 0.25) is 11.6 Å². The van der Waals surface area contributed by atoms with Crippen LogP contribution in [0.2, 0.25) is 0 Å². The molecule has 2 atom stereocenters. The van der Waals surface area contributed by atoms with Crippen LogP contribution in [-0.2, 0) is 42.6 Å². The number of allylic oxidation sites excluding steroid dienone is 14. The fourth-order valence-electron chi connectivity index (χ4n) is 5.33. The number of hydrogen-bond acceptors (Lipinski definition) is 14. The van der Waals surface area contributed by atoms with Crippen LogP contribution in [0, 0.1) is 20.2 Å². The van der Waals surface area contributed by atoms with Crippen molar-refractivity contribution >= 4 is 102 Å². The first-order chi connectivity index (χ1) is 26.4. The first-order valence-corrected chi connectivity index (χ1v) is 19.1. The van der Waals surface area contributed by atoms with Gasteiger partial charge in [0.15, 0.2) is 0 Å². The van der Waals surface area contributed by atoms with Gasteiger partial charge in [-0.05, 0) is 83.7 Å². The summed E-state index contributed by atoms with van der Waals surface area (Å²) in [5.74, 6) is -0.894. The molecule has 0 amide bonds. The van der Waals surface area contributed by atoms with Crippen molar-refractivity contribution in [2.45, 2.75) is 26.7 Å². The maximum absolute atomic E-state index is 12.2. The smallest absolute Gasteiger partial charge is 0.757 e. The molecule has 0 saturated carbocycles. The Labute approximate surface area is 354 Å². The van der Waals surface area contributed by atoms with E-state index >= 15 is 0 Å². The van der Waals surface area contributed by atoms with Crippen molar-refractivity contribution in [3.8, 4) is 0 Å². The van der Waals surface area contributed by atoms with E-state index in [0.29, 0.717) is 46.3 Å². The summed E-state index contributed by atoms with van der Waals surface area (Å²) in [6, 6.07) is 8.62. The minimum Gasteiger partial charge on any atom is -0.757 e. The summed E-state index contributed by atoms with van der Waals surface area (Å²) >= 11 is 0. The van der Waals surface area contributed by atoms with Crippen LogP contribution in [0.1, 0.15) is 25.0 Å². The third kappa shape index (κ3) is 11.0. The minimum atomic E-state index is -4.39. The van der Waals surface area contributed by atoms with E-state index in [-0.39, 0.29) is 81.6 Å². The summed E-state index contributed by atoms with van der Waals surface area (Å²) < 4.78 is 63.4. The summed E-state index contributed by atoms with van der Waals surface area (Å²) in [5.41, 5.74) is 2.91. The van der Waals surface area contributed by atoms with E-state index in [1.165, 1.54) is 72.9 Å². The molecule has 0 aromatic heterocycles. The summed E-state index contributed by atoms with van der Waals surface area (Å²) in [6.45, 7) is 3.68. The van der Waals surface area contributed by atoms with Crippen LogP contribution in [0.5, 0.6) is 0 Å². The van der Waals surface area contributed by atoms with Gasteiger partial charge >= 0.3 is 37.7 Å². The Kier molecular flexibility index (Phi) is 14.4. The summed E-state index contributed by atoms with van der Waals surface area (Å²) in [5, 5.41) is 37.9. The molecule has 2 aromatic rings. The van der Waals surface area contributed by atoms with E-state index in [2.05, 4.69) is 20.5 Å². The zero-order chi connectivity index (χ0) is 40.9. The zero-order valence-electron chi connectivity index (χ0n) is 29.8. The second kappa shape index (κ2) is 18.4. The number of carbonyl (C=O) groups excluding carboxylic acids is 2. The molecule has 0 heterocycles. The van der Waals surface area contributed by atoms with Gasteiger partial charge in [0.05, 0.1) is 21.2 Å². The number of nitro groups is 2. The van der Waals surface area contributed by atoms with Crippen LogP contribution in [0.4, 0.5) is 22.7 Å². The maximum Gasteiger partial charge on any atom is 2.00 e. The van der Waals surface area contributed by atoms with Crippen molar-refractivity contribution in [1.82, 2.24) is 0 Å². The number of non-ortho nitro benzene ring substituents is 2. The van der Waals surface area contributed by atoms with E-state index in [1.54, 1.807) is 12.1 Å². The number of rotatable bonds is 8. The van der Waals surface area contributed by atoms with E-state index in [9.17, 15) is 47.3 Å². The van der Waals surface area contributed by atoms with Gasteiger partial charge in [-0.1, -0.05) is 38.2 Å². The third-order valence-electron chi connectivity index (χ3n) is 8.14. The predicted molar refractivity (Wildman–Crippen MR) is 210 cm³/mol. The first kappa shape index (κ1) is 44.6. The average Bonchev–Trinajstić information content (AvgIpc) is 3.15. The molecular weight excluding hydrogens is 813 g/mol. The SMILES string of the molecule is CCc1cc(N=NC2=C3C=CC(=S(=O)([O-])O)C=C3C=CC2=O)cc([N+](=O)[O-])c1.CCc1cc(N=NC2=C3C=CC(=S(=O)([O-])O)C=C3C=CC2=O)cc([N+](=O)[O-])c1.[Ca+2]. The van der Waals surface area contributed by atoms with E-state index in [4.69, 9.17) is 9.11 Å². The normalized spacial score (nSPS) is 18.0. The Morgan fingerprint density at radius 1 is 0.579 bits per heavy atom. The van der Waals surface area contributed by atoms with Crippen LogP contribution in [0.25, 0.3) is 0 Å². The van der Waals surface area contributed by atoms with Gasteiger partial charge in [-0.2, -0.15) is 10.2 Å². The zero-order valence-corrected chi connectivity index (χ0v) is 33.7. The molecule has 0 bridgehead atoms. The number of carbonyl (C=O) groups is 2. The fraction of sp³-hybridized carbons (Fsp3) is 0.111. The standard InChI is InChI=1S/2C18H15N3O6S.Ca/c2*1-2-11-7-13(10-14(8-11)21(23)24)19-20-18-16-5-4-15(28(25,26)27)9-12(16)3-6-17(18)22;/h2*3-10H,2H2,1H3,(H2,25,26,27);/q;;+2/p-2. The molecule has 4 aliphatic carbocycles. The van der Waals surface area contributed by atoms with Crippen molar-refractivity contribution < 1.29 is 46.1 Å². The number of nitro benzene ring substituents is 2. The number of hydrogen-bond donors (Lipinski definition) is 2. The number of azo groups is 2. The molecule has 2 unspecified atom stereocenters. The number of nitrogens with zero attached hydrogens (tertiary/aromatic N) is 6. The Morgan fingerprint density at radius 3 is 1.26 bits per heavy atom. The monoisotopic (exact) mass is 840 g/mol. The van der Waals surface area contributed by atoms with Crippen molar-refractivity contribution in [3.63, 3.8) is 0 Å². The Morgan fingerprint density at radius 2 is 0.947 bits per heavy atom. The second-order valence-electron chi connectivity index (χ2n) is 11.9. The van der Waals surface area contributed by atoms with E-state index < -0.39 is 41.6 Å². The van der Waals surface area contributed by atoms with Crippen LogP contribution in [0.15, 0.2) is 151 Å². The molecule has 0 saturated heterocycles. The number of benzene rings is 2. The topological polar surface area (TPSA) is 291 Å². The molecular formula is C36H28CaN6O12S2. The van der Waals surface area contributed by atoms with Gasteiger partial charge < -0.3 is 18.2 Å². The Hall–Kier alpha value is -5.16. The fourth-order valence-corrected chi connectivity index (χ4v) is 6.36. The quantitative estimate of drug-likeness (QED) is 0.102. The number of ketones is 2. The molecule has 21 heteroatoms. The van der Waals surface area contributed by atoms with Crippen LogP contribution in [-0.4, -0.2) is 95.5 Å². The van der Waals surface area contributed by atoms with Gasteiger partial charge in [0.25, 0.3) is 11.4 Å². The number of aryl methyl sites for hydroxylation is 2. The maximum atomic E-state index is 12.2. The van der Waals surface area contributed by atoms with Gasteiger partial charge in [-0.25, -0.2) is 0 Å². The van der Waals surface area contributed by atoms with Gasteiger partial charge in [-0.3, -0.25) is 38.2 Å². The Bertz CT molecular complexity index is 2500. The molecule has 4 aliphatic rings. The van der Waals surface area contributed by atoms with Crippen molar-refractivity contribution in [3.05, 3.63) is 162 Å². The summed E-state index contributed by atoms with van der Waals surface area (Å²) in [7, 11) is -8.78. The number of fused-ring (bicyclic) bond motifs is 2. The van der Waals surface area contributed by atoms with Crippen molar-refractivity contribution in [2.75, 3.05) is 0 Å². The van der Waals surface area contributed by atoms with Crippen molar-refractivity contribution in [1.29, 1.82) is 0 Å². The van der Waals surface area contributed by atoms with Gasteiger partial charge in [-0.15, -0.1) is 10.2 Å². The minimum absolute atomic E-state index is 0. The largest absolute Gasteiger partial charge is 2.00 e. The van der Waals surface area contributed by atoms with Crippen LogP contribution >= 0.6 is 0 Å². The summed E-state index contributed by atoms with van der Waals surface area (Å²) in [4.78, 5) is 44.8. The van der Waals surface area contributed by atoms with Gasteiger partial charge in [0, 0.05) is 65.3 Å². The van der Waals surface area contributed by atoms with E-state index in [0.717, 1.165) is 12.2 Å². The van der Waals surface area contributed by atoms with Crippen LogP contribution < -0.4 is 0 Å². The molecule has 0 radical (unpaired) electrons. The molecule has 0 spiro atoms.